The summed E-state index contributed by atoms with van der Waals surface area (Å²) in [6, 6.07) is 14.5. The number of hydrogen-bond acceptors (Lipinski definition) is 6. The Morgan fingerprint density at radius 3 is 2.19 bits per heavy atom. The molecule has 0 saturated heterocycles. The van der Waals surface area contributed by atoms with E-state index >= 15 is 0 Å². The van der Waals surface area contributed by atoms with Crippen LogP contribution < -0.4 is 11.1 Å². The number of nitrogens with two attached hydrogens (primary N) is 1. The Kier molecular flexibility index (Phi) is 9.49. The van der Waals surface area contributed by atoms with Crippen LogP contribution >= 0.6 is 11.3 Å². The van der Waals surface area contributed by atoms with Crippen LogP contribution in [0, 0.1) is 0 Å². The zero-order chi connectivity index (χ0) is 20.2. The minimum absolute atomic E-state index is 0.576. The molecular formula is C19H23N3O4S. The fraction of sp³-hybridized carbons (Fsp3) is 0.211. The van der Waals surface area contributed by atoms with Crippen LogP contribution in [0.3, 0.4) is 0 Å². The zero-order valence-electron chi connectivity index (χ0n) is 15.1. The lowest BCUT2D eigenvalue weighted by atomic mass is 10.3. The van der Waals surface area contributed by atoms with E-state index < -0.39 is 24.0 Å². The summed E-state index contributed by atoms with van der Waals surface area (Å²) in [7, 11) is 0. The van der Waals surface area contributed by atoms with Gasteiger partial charge in [0.05, 0.1) is 0 Å². The summed E-state index contributed by atoms with van der Waals surface area (Å²) in [6.07, 6.45) is 1.61. The SMILES string of the molecule is CC(N)C(=O)O.CC(Nc1ccccn1)C(=O)O.c1ccc2sccc2c1. The maximum Gasteiger partial charge on any atom is 0.325 e. The number of carbonyl (C=O) groups is 2. The Bertz CT molecular complexity index is 807. The maximum absolute atomic E-state index is 10.4. The van der Waals surface area contributed by atoms with Crippen molar-refractivity contribution in [3.63, 3.8) is 0 Å². The van der Waals surface area contributed by atoms with E-state index in [-0.39, 0.29) is 0 Å². The second-order valence-electron chi connectivity index (χ2n) is 5.50. The van der Waals surface area contributed by atoms with Crippen molar-refractivity contribution in [1.29, 1.82) is 0 Å². The van der Waals surface area contributed by atoms with Crippen molar-refractivity contribution >= 4 is 39.2 Å². The fourth-order valence-corrected chi connectivity index (χ4v) is 2.43. The van der Waals surface area contributed by atoms with Crippen molar-refractivity contribution in [2.24, 2.45) is 5.73 Å². The number of thiophene rings is 1. The first kappa shape index (κ1) is 22.1. The molecule has 2 heterocycles. The van der Waals surface area contributed by atoms with Gasteiger partial charge in [0.1, 0.15) is 17.9 Å². The number of aromatic nitrogens is 1. The lowest BCUT2D eigenvalue weighted by molar-refractivity contribution is -0.138. The standard InChI is InChI=1S/C8H10N2O2.C8H6S.C3H7NO2/c1-6(8(11)12)10-7-4-2-3-5-9-7;1-2-4-8-7(3-1)5-6-9-8;1-2(4)3(5)6/h2-6H,1H3,(H,9,10)(H,11,12);1-6H;2H,4H2,1H3,(H,5,6). The third-order valence-corrected chi connectivity index (χ3v) is 4.05. The number of fused-ring (bicyclic) bond motifs is 1. The molecule has 0 radical (unpaired) electrons. The molecule has 7 nitrogen and oxygen atoms in total. The summed E-state index contributed by atoms with van der Waals surface area (Å²) in [4.78, 5) is 23.9. The normalized spacial score (nSPS) is 11.8. The molecule has 0 spiro atoms. The number of aliphatic carboxylic acids is 2. The van der Waals surface area contributed by atoms with E-state index in [1.54, 1.807) is 42.7 Å². The molecule has 2 aromatic heterocycles. The van der Waals surface area contributed by atoms with E-state index in [0.717, 1.165) is 0 Å². The summed E-state index contributed by atoms with van der Waals surface area (Å²) in [5.41, 5.74) is 4.84. The van der Waals surface area contributed by atoms with Gasteiger partial charge in [-0.1, -0.05) is 24.3 Å². The number of rotatable bonds is 4. The predicted molar refractivity (Wildman–Crippen MR) is 108 cm³/mol. The van der Waals surface area contributed by atoms with Gasteiger partial charge in [0.25, 0.3) is 0 Å². The van der Waals surface area contributed by atoms with Crippen molar-refractivity contribution in [2.75, 3.05) is 5.32 Å². The summed E-state index contributed by atoms with van der Waals surface area (Å²) in [5, 5.41) is 22.6. The molecular weight excluding hydrogens is 366 g/mol. The fourth-order valence-electron chi connectivity index (χ4n) is 1.64. The molecule has 0 aliphatic rings. The van der Waals surface area contributed by atoms with Crippen molar-refractivity contribution < 1.29 is 19.8 Å². The molecule has 3 aromatic rings. The minimum Gasteiger partial charge on any atom is -0.480 e. The number of pyridine rings is 1. The van der Waals surface area contributed by atoms with E-state index in [2.05, 4.69) is 46.0 Å². The number of anilines is 1. The van der Waals surface area contributed by atoms with Crippen molar-refractivity contribution in [3.8, 4) is 0 Å². The molecule has 27 heavy (non-hydrogen) atoms. The quantitative estimate of drug-likeness (QED) is 0.539. The lowest BCUT2D eigenvalue weighted by Gasteiger charge is -2.08. The first-order valence-electron chi connectivity index (χ1n) is 8.12. The molecule has 0 bridgehead atoms. The van der Waals surface area contributed by atoms with E-state index in [1.165, 1.54) is 17.0 Å². The van der Waals surface area contributed by atoms with Gasteiger partial charge >= 0.3 is 11.9 Å². The van der Waals surface area contributed by atoms with Crippen molar-refractivity contribution in [2.45, 2.75) is 25.9 Å². The Morgan fingerprint density at radius 2 is 1.67 bits per heavy atom. The third kappa shape index (κ3) is 8.80. The van der Waals surface area contributed by atoms with Gasteiger partial charge in [0.2, 0.25) is 0 Å². The zero-order valence-corrected chi connectivity index (χ0v) is 15.9. The van der Waals surface area contributed by atoms with Gasteiger partial charge < -0.3 is 21.3 Å². The number of nitrogens with zero attached hydrogens (tertiary/aromatic N) is 1. The van der Waals surface area contributed by atoms with Crippen LogP contribution in [0.25, 0.3) is 10.1 Å². The van der Waals surface area contributed by atoms with Gasteiger partial charge in [-0.25, -0.2) is 4.98 Å². The van der Waals surface area contributed by atoms with Gasteiger partial charge in [0.15, 0.2) is 0 Å². The molecule has 144 valence electrons. The van der Waals surface area contributed by atoms with Gasteiger partial charge in [-0.05, 0) is 48.9 Å². The highest BCUT2D eigenvalue weighted by Gasteiger charge is 2.09. The monoisotopic (exact) mass is 389 g/mol. The van der Waals surface area contributed by atoms with Crippen LogP contribution in [0.4, 0.5) is 5.82 Å². The Hall–Kier alpha value is -2.97. The highest BCUT2D eigenvalue weighted by atomic mass is 32.1. The molecule has 1 aromatic carbocycles. The lowest BCUT2D eigenvalue weighted by Crippen LogP contribution is -2.25. The Balaban J connectivity index is 0.000000215. The van der Waals surface area contributed by atoms with Crippen LogP contribution in [-0.4, -0.2) is 39.2 Å². The highest BCUT2D eigenvalue weighted by Crippen LogP contribution is 2.18. The molecule has 0 fully saturated rings. The number of nitrogens with one attached hydrogen (secondary N) is 1. The first-order chi connectivity index (χ1) is 12.8. The van der Waals surface area contributed by atoms with E-state index in [0.29, 0.717) is 5.82 Å². The van der Waals surface area contributed by atoms with Crippen LogP contribution in [0.15, 0.2) is 60.1 Å². The van der Waals surface area contributed by atoms with Gasteiger partial charge in [-0.3, -0.25) is 9.59 Å². The molecule has 0 saturated carbocycles. The Labute approximate surface area is 161 Å². The third-order valence-electron chi connectivity index (χ3n) is 3.15. The molecule has 5 N–H and O–H groups in total. The molecule has 0 aliphatic carbocycles. The number of carboxylic acid groups (broad SMARTS) is 2. The predicted octanol–water partition coefficient (Wildman–Crippen LogP) is 3.29. The molecule has 3 rings (SSSR count). The minimum atomic E-state index is -0.963. The van der Waals surface area contributed by atoms with Crippen molar-refractivity contribution in [1.82, 2.24) is 4.98 Å². The maximum atomic E-state index is 10.4. The molecule has 2 unspecified atom stereocenters. The van der Waals surface area contributed by atoms with Crippen LogP contribution in [0.5, 0.6) is 0 Å². The smallest absolute Gasteiger partial charge is 0.325 e. The van der Waals surface area contributed by atoms with Crippen LogP contribution in [0.2, 0.25) is 0 Å². The van der Waals surface area contributed by atoms with E-state index in [1.807, 2.05) is 0 Å². The van der Waals surface area contributed by atoms with Crippen LogP contribution in [-0.2, 0) is 9.59 Å². The number of benzene rings is 1. The van der Waals surface area contributed by atoms with Crippen molar-refractivity contribution in [3.05, 3.63) is 60.1 Å². The summed E-state index contributed by atoms with van der Waals surface area (Å²) < 4.78 is 1.37. The largest absolute Gasteiger partial charge is 0.480 e. The summed E-state index contributed by atoms with van der Waals surface area (Å²) in [6.45, 7) is 2.99. The Morgan fingerprint density at radius 1 is 1.04 bits per heavy atom. The molecule has 2 atom stereocenters. The molecule has 0 amide bonds. The average molecular weight is 389 g/mol. The summed E-state index contributed by atoms with van der Waals surface area (Å²) in [5.74, 6) is -1.27. The number of hydrogen-bond donors (Lipinski definition) is 4. The highest BCUT2D eigenvalue weighted by molar-refractivity contribution is 7.17. The average Bonchev–Trinajstić information content (AvgIpc) is 3.12. The topological polar surface area (TPSA) is 126 Å². The van der Waals surface area contributed by atoms with Crippen LogP contribution in [0.1, 0.15) is 13.8 Å². The van der Waals surface area contributed by atoms with Gasteiger partial charge in [-0.15, -0.1) is 11.3 Å². The number of carboxylic acids is 2. The molecule has 8 heteroatoms. The van der Waals surface area contributed by atoms with Gasteiger partial charge in [0, 0.05) is 10.9 Å². The van der Waals surface area contributed by atoms with Gasteiger partial charge in [-0.2, -0.15) is 0 Å². The molecule has 0 aliphatic heterocycles. The second kappa shape index (κ2) is 11.6. The van der Waals surface area contributed by atoms with E-state index in [4.69, 9.17) is 15.9 Å². The summed E-state index contributed by atoms with van der Waals surface area (Å²) >= 11 is 1.79. The first-order valence-corrected chi connectivity index (χ1v) is 9.00. The van der Waals surface area contributed by atoms with E-state index in [9.17, 15) is 9.59 Å². The second-order valence-corrected chi connectivity index (χ2v) is 6.45.